The van der Waals surface area contributed by atoms with Gasteiger partial charge in [0.15, 0.2) is 5.69 Å². The molecule has 0 bridgehead atoms. The van der Waals surface area contributed by atoms with E-state index in [-0.39, 0.29) is 11.4 Å². The zero-order valence-corrected chi connectivity index (χ0v) is 11.0. The molecule has 6 heteroatoms. The van der Waals surface area contributed by atoms with Crippen LogP contribution in [0.1, 0.15) is 10.5 Å². The van der Waals surface area contributed by atoms with Crippen molar-refractivity contribution >= 4 is 11.7 Å². The Balaban J connectivity index is 2.44. The van der Waals surface area contributed by atoms with E-state index in [1.54, 1.807) is 12.1 Å². The molecular formula is C14H13FN2O3. The number of carbonyl (C=O) groups excluding carboxylic acids is 1. The Morgan fingerprint density at radius 1 is 1.30 bits per heavy atom. The summed E-state index contributed by atoms with van der Waals surface area (Å²) in [5, 5.41) is 0. The zero-order valence-electron chi connectivity index (χ0n) is 11.0. The Labute approximate surface area is 115 Å². The lowest BCUT2D eigenvalue weighted by molar-refractivity contribution is 0.0595. The molecule has 0 aliphatic heterocycles. The van der Waals surface area contributed by atoms with Gasteiger partial charge in [-0.3, -0.25) is 0 Å². The molecule has 0 fully saturated rings. The van der Waals surface area contributed by atoms with Crippen molar-refractivity contribution in [2.24, 2.45) is 0 Å². The van der Waals surface area contributed by atoms with E-state index in [4.69, 9.17) is 10.5 Å². The summed E-state index contributed by atoms with van der Waals surface area (Å²) in [5.74, 6) is -0.681. The van der Waals surface area contributed by atoms with E-state index in [2.05, 4.69) is 9.72 Å². The van der Waals surface area contributed by atoms with Gasteiger partial charge in [0, 0.05) is 23.4 Å². The quantitative estimate of drug-likeness (QED) is 0.870. The number of hydrogen-bond donors (Lipinski definition) is 1. The van der Waals surface area contributed by atoms with Crippen molar-refractivity contribution in [3.8, 4) is 16.9 Å². The van der Waals surface area contributed by atoms with Gasteiger partial charge < -0.3 is 15.2 Å². The highest BCUT2D eigenvalue weighted by molar-refractivity contribution is 5.93. The van der Waals surface area contributed by atoms with Gasteiger partial charge in [-0.1, -0.05) is 0 Å². The predicted octanol–water partition coefficient (Wildman–Crippen LogP) is 2.27. The number of aromatic nitrogens is 1. The first-order valence-corrected chi connectivity index (χ1v) is 5.74. The number of pyridine rings is 1. The van der Waals surface area contributed by atoms with Crippen molar-refractivity contribution in [3.05, 3.63) is 42.0 Å². The normalized spacial score (nSPS) is 10.2. The second-order valence-electron chi connectivity index (χ2n) is 4.00. The van der Waals surface area contributed by atoms with Crippen LogP contribution in [0.3, 0.4) is 0 Å². The summed E-state index contributed by atoms with van der Waals surface area (Å²) in [6, 6.07) is 5.93. The third-order valence-corrected chi connectivity index (χ3v) is 2.78. The maximum Gasteiger partial charge on any atom is 0.358 e. The molecule has 0 aliphatic rings. The number of hydrogen-bond acceptors (Lipinski definition) is 5. The van der Waals surface area contributed by atoms with Gasteiger partial charge in [-0.2, -0.15) is 0 Å². The maximum absolute atomic E-state index is 13.9. The first-order valence-electron chi connectivity index (χ1n) is 5.74. The van der Waals surface area contributed by atoms with E-state index in [1.165, 1.54) is 32.5 Å². The molecule has 0 aliphatic carbocycles. The number of benzene rings is 1. The Morgan fingerprint density at radius 2 is 2.05 bits per heavy atom. The minimum Gasteiger partial charge on any atom is -0.497 e. The van der Waals surface area contributed by atoms with E-state index in [0.29, 0.717) is 16.9 Å². The van der Waals surface area contributed by atoms with Gasteiger partial charge >= 0.3 is 5.97 Å². The summed E-state index contributed by atoms with van der Waals surface area (Å²) in [7, 11) is 2.69. The second kappa shape index (κ2) is 5.56. The standard InChI is InChI=1S/C14H13FN2O3/c1-19-9-3-4-10(11(15)6-9)8-5-12(16)13(17-7-8)14(18)20-2/h3-7H,16H2,1-2H3. The Hall–Kier alpha value is -2.63. The van der Waals surface area contributed by atoms with Crippen molar-refractivity contribution in [1.29, 1.82) is 0 Å². The molecule has 2 N–H and O–H groups in total. The number of nitrogen functional groups attached to an aromatic ring is 1. The fourth-order valence-electron chi connectivity index (χ4n) is 1.75. The Kier molecular flexibility index (Phi) is 3.84. The monoisotopic (exact) mass is 276 g/mol. The fraction of sp³-hybridized carbons (Fsp3) is 0.143. The highest BCUT2D eigenvalue weighted by Crippen LogP contribution is 2.27. The summed E-state index contributed by atoms with van der Waals surface area (Å²) >= 11 is 0. The van der Waals surface area contributed by atoms with Crippen molar-refractivity contribution in [2.75, 3.05) is 20.0 Å². The lowest BCUT2D eigenvalue weighted by Gasteiger charge is -2.08. The minimum atomic E-state index is -0.635. The first kappa shape index (κ1) is 13.8. The van der Waals surface area contributed by atoms with E-state index in [0.717, 1.165) is 0 Å². The van der Waals surface area contributed by atoms with E-state index in [1.807, 2.05) is 0 Å². The van der Waals surface area contributed by atoms with Gasteiger partial charge in [0.05, 0.1) is 19.9 Å². The molecule has 0 radical (unpaired) electrons. The molecule has 20 heavy (non-hydrogen) atoms. The summed E-state index contributed by atoms with van der Waals surface area (Å²) in [6.45, 7) is 0. The zero-order chi connectivity index (χ0) is 14.7. The van der Waals surface area contributed by atoms with E-state index in [9.17, 15) is 9.18 Å². The molecule has 104 valence electrons. The third kappa shape index (κ3) is 2.54. The maximum atomic E-state index is 13.9. The highest BCUT2D eigenvalue weighted by Gasteiger charge is 2.14. The van der Waals surface area contributed by atoms with Crippen LogP contribution in [0, 0.1) is 5.82 Å². The lowest BCUT2D eigenvalue weighted by Crippen LogP contribution is -2.08. The number of halogens is 1. The second-order valence-corrected chi connectivity index (χ2v) is 4.00. The molecule has 1 heterocycles. The van der Waals surface area contributed by atoms with Gasteiger partial charge in [-0.25, -0.2) is 14.2 Å². The Morgan fingerprint density at radius 3 is 2.60 bits per heavy atom. The molecule has 2 rings (SSSR count). The van der Waals surface area contributed by atoms with Crippen LogP contribution in [0.5, 0.6) is 5.75 Å². The SMILES string of the molecule is COC(=O)c1ncc(-c2ccc(OC)cc2F)cc1N. The predicted molar refractivity (Wildman–Crippen MR) is 71.9 cm³/mol. The summed E-state index contributed by atoms with van der Waals surface area (Å²) in [5.41, 5.74) is 6.65. The van der Waals surface area contributed by atoms with Gasteiger partial charge in [0.1, 0.15) is 11.6 Å². The molecule has 0 saturated carbocycles. The number of rotatable bonds is 3. The van der Waals surface area contributed by atoms with Crippen LogP contribution in [0.15, 0.2) is 30.5 Å². The average molecular weight is 276 g/mol. The first-order chi connectivity index (χ1) is 9.56. The van der Waals surface area contributed by atoms with E-state index < -0.39 is 11.8 Å². The molecule has 5 nitrogen and oxygen atoms in total. The topological polar surface area (TPSA) is 74.4 Å². The van der Waals surface area contributed by atoms with Crippen LogP contribution in [-0.4, -0.2) is 25.2 Å². The number of ether oxygens (including phenoxy) is 2. The van der Waals surface area contributed by atoms with Crippen molar-refractivity contribution in [1.82, 2.24) is 4.98 Å². The van der Waals surface area contributed by atoms with Crippen LogP contribution in [0.4, 0.5) is 10.1 Å². The number of anilines is 1. The van der Waals surface area contributed by atoms with Crippen molar-refractivity contribution in [3.63, 3.8) is 0 Å². The largest absolute Gasteiger partial charge is 0.497 e. The lowest BCUT2D eigenvalue weighted by atomic mass is 10.1. The number of methoxy groups -OCH3 is 2. The number of nitrogens with zero attached hydrogens (tertiary/aromatic N) is 1. The number of nitrogens with two attached hydrogens (primary N) is 1. The van der Waals surface area contributed by atoms with Crippen LogP contribution < -0.4 is 10.5 Å². The van der Waals surface area contributed by atoms with Gasteiger partial charge in [-0.05, 0) is 18.2 Å². The molecule has 0 amide bonds. The van der Waals surface area contributed by atoms with Crippen molar-refractivity contribution < 1.29 is 18.7 Å². The van der Waals surface area contributed by atoms with Gasteiger partial charge in [0.25, 0.3) is 0 Å². The minimum absolute atomic E-state index is 0.00479. The Bertz CT molecular complexity index is 659. The molecule has 0 saturated heterocycles. The summed E-state index contributed by atoms with van der Waals surface area (Å²) in [6.07, 6.45) is 1.37. The van der Waals surface area contributed by atoms with Gasteiger partial charge in [-0.15, -0.1) is 0 Å². The summed E-state index contributed by atoms with van der Waals surface area (Å²) < 4.78 is 23.4. The van der Waals surface area contributed by atoms with Crippen LogP contribution in [-0.2, 0) is 4.74 Å². The average Bonchev–Trinajstić information content (AvgIpc) is 2.46. The molecule has 2 aromatic rings. The van der Waals surface area contributed by atoms with Crippen LogP contribution in [0.25, 0.3) is 11.1 Å². The fourth-order valence-corrected chi connectivity index (χ4v) is 1.75. The highest BCUT2D eigenvalue weighted by atomic mass is 19.1. The van der Waals surface area contributed by atoms with Crippen LogP contribution in [0.2, 0.25) is 0 Å². The smallest absolute Gasteiger partial charge is 0.358 e. The third-order valence-electron chi connectivity index (χ3n) is 2.78. The number of esters is 1. The number of carbonyl (C=O) groups is 1. The molecule has 0 unspecified atom stereocenters. The van der Waals surface area contributed by atoms with E-state index >= 15 is 0 Å². The van der Waals surface area contributed by atoms with Crippen LogP contribution >= 0.6 is 0 Å². The molecule has 1 aromatic heterocycles. The molecule has 0 spiro atoms. The summed E-state index contributed by atoms with van der Waals surface area (Å²) in [4.78, 5) is 15.3. The molecule has 1 aromatic carbocycles. The van der Waals surface area contributed by atoms with Gasteiger partial charge in [0.2, 0.25) is 0 Å². The van der Waals surface area contributed by atoms with Crippen molar-refractivity contribution in [2.45, 2.75) is 0 Å². The molecule has 0 atom stereocenters. The molecular weight excluding hydrogens is 263 g/mol.